The second-order valence-electron chi connectivity index (χ2n) is 8.92. The summed E-state index contributed by atoms with van der Waals surface area (Å²) in [6, 6.07) is 0. The van der Waals surface area contributed by atoms with E-state index < -0.39 is 0 Å². The van der Waals surface area contributed by atoms with E-state index >= 15 is 0 Å². The van der Waals surface area contributed by atoms with Crippen LogP contribution in [0.25, 0.3) is 0 Å². The highest BCUT2D eigenvalue weighted by Crippen LogP contribution is 2.47. The summed E-state index contributed by atoms with van der Waals surface area (Å²) in [4.78, 5) is 12.3. The molecular formula is C22H34N4O. The standard InChI is InChI=1S/C22H34N4O/c1-16(2)5-10-26-11-8-22(9-12-26)7-4-19-20(22)24-17(3)25-21(19)23-14-18-6-13-27-15-18/h5,18H,4,6-15H2,1-3H3,(H,23,24,25). The Balaban J connectivity index is 1.47. The zero-order valence-electron chi connectivity index (χ0n) is 17.2. The highest BCUT2D eigenvalue weighted by atomic mass is 16.5. The van der Waals surface area contributed by atoms with Gasteiger partial charge in [0, 0.05) is 36.6 Å². The Morgan fingerprint density at radius 1 is 1.26 bits per heavy atom. The fraction of sp³-hybridized carbons (Fsp3) is 0.727. The molecule has 1 atom stereocenters. The van der Waals surface area contributed by atoms with Gasteiger partial charge in [-0.2, -0.15) is 0 Å². The number of fused-ring (bicyclic) bond motifs is 2. The molecule has 1 aromatic rings. The van der Waals surface area contributed by atoms with E-state index in [9.17, 15) is 0 Å². The maximum Gasteiger partial charge on any atom is 0.133 e. The van der Waals surface area contributed by atoms with E-state index in [1.807, 2.05) is 6.92 Å². The Hall–Kier alpha value is -1.46. The number of allylic oxidation sites excluding steroid dienone is 1. The molecule has 3 aliphatic rings. The minimum atomic E-state index is 0.275. The van der Waals surface area contributed by atoms with Crippen LogP contribution >= 0.6 is 0 Å². The van der Waals surface area contributed by atoms with Crippen molar-refractivity contribution in [2.24, 2.45) is 5.92 Å². The van der Waals surface area contributed by atoms with E-state index in [-0.39, 0.29) is 5.41 Å². The molecule has 3 heterocycles. The SMILES string of the molecule is CC(C)=CCN1CCC2(CCc3c(NCC4CCOC4)nc(C)nc32)CC1. The Morgan fingerprint density at radius 2 is 2.07 bits per heavy atom. The molecule has 2 fully saturated rings. The molecule has 0 saturated carbocycles. The van der Waals surface area contributed by atoms with E-state index in [1.165, 1.54) is 49.2 Å². The number of aryl methyl sites for hydroxylation is 1. The summed E-state index contributed by atoms with van der Waals surface area (Å²) in [6.07, 6.45) is 8.31. The average Bonchev–Trinajstić information content (AvgIpc) is 3.28. The van der Waals surface area contributed by atoms with Crippen LogP contribution in [-0.2, 0) is 16.6 Å². The molecule has 0 amide bonds. The first-order valence-electron chi connectivity index (χ1n) is 10.6. The lowest BCUT2D eigenvalue weighted by Crippen LogP contribution is -2.42. The van der Waals surface area contributed by atoms with Gasteiger partial charge in [0.05, 0.1) is 12.3 Å². The average molecular weight is 371 g/mol. The summed E-state index contributed by atoms with van der Waals surface area (Å²) in [7, 11) is 0. The van der Waals surface area contributed by atoms with Crippen molar-refractivity contribution in [3.05, 3.63) is 28.7 Å². The second-order valence-corrected chi connectivity index (χ2v) is 8.92. The third kappa shape index (κ3) is 4.04. The normalized spacial score (nSPS) is 24.2. The number of piperidine rings is 1. The number of likely N-dealkylation sites (tertiary alicyclic amines) is 1. The van der Waals surface area contributed by atoms with Gasteiger partial charge in [-0.25, -0.2) is 9.97 Å². The molecule has 2 aliphatic heterocycles. The molecule has 2 saturated heterocycles. The van der Waals surface area contributed by atoms with Crippen molar-refractivity contribution < 1.29 is 4.74 Å². The topological polar surface area (TPSA) is 50.3 Å². The fourth-order valence-electron chi connectivity index (χ4n) is 4.85. The van der Waals surface area contributed by atoms with Gasteiger partial charge in [-0.1, -0.05) is 11.6 Å². The van der Waals surface area contributed by atoms with Crippen LogP contribution in [0.3, 0.4) is 0 Å². The third-order valence-electron chi connectivity index (χ3n) is 6.63. The summed E-state index contributed by atoms with van der Waals surface area (Å²) in [5, 5.41) is 3.64. The van der Waals surface area contributed by atoms with Gasteiger partial charge in [0.2, 0.25) is 0 Å². The first-order chi connectivity index (χ1) is 13.1. The Kier molecular flexibility index (Phi) is 5.51. The largest absolute Gasteiger partial charge is 0.381 e. The molecule has 1 unspecified atom stereocenters. The van der Waals surface area contributed by atoms with Gasteiger partial charge in [0.25, 0.3) is 0 Å². The Morgan fingerprint density at radius 3 is 2.78 bits per heavy atom. The van der Waals surface area contributed by atoms with Crippen molar-refractivity contribution in [3.8, 4) is 0 Å². The smallest absolute Gasteiger partial charge is 0.133 e. The van der Waals surface area contributed by atoms with E-state index in [4.69, 9.17) is 14.7 Å². The summed E-state index contributed by atoms with van der Waals surface area (Å²) in [5.74, 6) is 2.62. The molecule has 0 radical (unpaired) electrons. The predicted octanol–water partition coefficient (Wildman–Crippen LogP) is 3.48. The predicted molar refractivity (Wildman–Crippen MR) is 109 cm³/mol. The summed E-state index contributed by atoms with van der Waals surface area (Å²) in [5.41, 5.74) is 4.42. The van der Waals surface area contributed by atoms with Crippen LogP contribution < -0.4 is 5.32 Å². The Labute approximate surface area is 163 Å². The lowest BCUT2D eigenvalue weighted by molar-refractivity contribution is 0.169. The summed E-state index contributed by atoms with van der Waals surface area (Å²) >= 11 is 0. The minimum absolute atomic E-state index is 0.275. The maximum absolute atomic E-state index is 5.52. The Bertz CT molecular complexity index is 697. The molecule has 5 nitrogen and oxygen atoms in total. The quantitative estimate of drug-likeness (QED) is 0.804. The molecule has 1 aliphatic carbocycles. The van der Waals surface area contributed by atoms with Crippen molar-refractivity contribution >= 4 is 5.82 Å². The van der Waals surface area contributed by atoms with E-state index in [2.05, 4.69) is 30.1 Å². The van der Waals surface area contributed by atoms with Gasteiger partial charge < -0.3 is 10.1 Å². The monoisotopic (exact) mass is 370 g/mol. The summed E-state index contributed by atoms with van der Waals surface area (Å²) in [6.45, 7) is 12.6. The van der Waals surface area contributed by atoms with Crippen LogP contribution in [-0.4, -0.2) is 54.3 Å². The van der Waals surface area contributed by atoms with E-state index in [0.29, 0.717) is 5.92 Å². The number of anilines is 1. The van der Waals surface area contributed by atoms with Crippen molar-refractivity contribution in [1.82, 2.24) is 14.9 Å². The molecule has 0 bridgehead atoms. The van der Waals surface area contributed by atoms with Crippen LogP contribution in [0.15, 0.2) is 11.6 Å². The van der Waals surface area contributed by atoms with E-state index in [0.717, 1.165) is 50.8 Å². The van der Waals surface area contributed by atoms with Gasteiger partial charge in [0.1, 0.15) is 11.6 Å². The number of hydrogen-bond donors (Lipinski definition) is 1. The van der Waals surface area contributed by atoms with Crippen LogP contribution in [0.5, 0.6) is 0 Å². The molecule has 4 rings (SSSR count). The van der Waals surface area contributed by atoms with Gasteiger partial charge in [-0.3, -0.25) is 4.90 Å². The number of rotatable bonds is 5. The highest BCUT2D eigenvalue weighted by Gasteiger charge is 2.43. The number of hydrogen-bond acceptors (Lipinski definition) is 5. The number of ether oxygens (including phenoxy) is 1. The van der Waals surface area contributed by atoms with Crippen LogP contribution in [0.1, 0.15) is 56.6 Å². The van der Waals surface area contributed by atoms with Gasteiger partial charge >= 0.3 is 0 Å². The van der Waals surface area contributed by atoms with Gasteiger partial charge in [-0.15, -0.1) is 0 Å². The molecule has 1 spiro atoms. The van der Waals surface area contributed by atoms with E-state index in [1.54, 1.807) is 0 Å². The van der Waals surface area contributed by atoms with Crippen LogP contribution in [0.2, 0.25) is 0 Å². The first kappa shape index (κ1) is 18.9. The first-order valence-corrected chi connectivity index (χ1v) is 10.6. The van der Waals surface area contributed by atoms with Crippen molar-refractivity contribution in [2.45, 2.75) is 58.3 Å². The molecular weight excluding hydrogens is 336 g/mol. The highest BCUT2D eigenvalue weighted by molar-refractivity contribution is 5.52. The molecule has 148 valence electrons. The maximum atomic E-state index is 5.52. The van der Waals surface area contributed by atoms with Crippen LogP contribution in [0, 0.1) is 12.8 Å². The molecule has 0 aromatic carbocycles. The number of nitrogens with one attached hydrogen (secondary N) is 1. The third-order valence-corrected chi connectivity index (χ3v) is 6.63. The van der Waals surface area contributed by atoms with Crippen molar-refractivity contribution in [3.63, 3.8) is 0 Å². The lowest BCUT2D eigenvalue weighted by atomic mass is 9.76. The summed E-state index contributed by atoms with van der Waals surface area (Å²) < 4.78 is 5.52. The van der Waals surface area contributed by atoms with Gasteiger partial charge in [-0.05, 0) is 66.0 Å². The fourth-order valence-corrected chi connectivity index (χ4v) is 4.85. The van der Waals surface area contributed by atoms with Crippen molar-refractivity contribution in [2.75, 3.05) is 44.7 Å². The molecule has 1 N–H and O–H groups in total. The minimum Gasteiger partial charge on any atom is -0.381 e. The zero-order valence-corrected chi connectivity index (χ0v) is 17.2. The van der Waals surface area contributed by atoms with Crippen LogP contribution in [0.4, 0.5) is 5.82 Å². The lowest BCUT2D eigenvalue weighted by Gasteiger charge is -2.39. The number of nitrogens with zero attached hydrogens (tertiary/aromatic N) is 3. The number of aromatic nitrogens is 2. The molecule has 27 heavy (non-hydrogen) atoms. The van der Waals surface area contributed by atoms with Gasteiger partial charge in [0.15, 0.2) is 0 Å². The van der Waals surface area contributed by atoms with Crippen molar-refractivity contribution in [1.29, 1.82) is 0 Å². The zero-order chi connectivity index (χ0) is 18.9. The second kappa shape index (κ2) is 7.88. The molecule has 1 aromatic heterocycles. The molecule has 5 heteroatoms.